The third-order valence-electron chi connectivity index (χ3n) is 2.69. The Labute approximate surface area is 108 Å². The predicted molar refractivity (Wildman–Crippen MR) is 71.2 cm³/mol. The smallest absolute Gasteiger partial charge is 0.267 e. The van der Waals surface area contributed by atoms with Gasteiger partial charge in [0.2, 0.25) is 0 Å². The lowest BCUT2D eigenvalue weighted by molar-refractivity contribution is 0.683. The Morgan fingerprint density at radius 3 is 3.18 bits per heavy atom. The van der Waals surface area contributed by atoms with Crippen LogP contribution in [-0.4, -0.2) is 29.6 Å². The first-order valence-corrected chi connectivity index (χ1v) is 6.42. The van der Waals surface area contributed by atoms with Crippen LogP contribution in [0.1, 0.15) is 12.8 Å². The van der Waals surface area contributed by atoms with Crippen LogP contribution in [0.5, 0.6) is 0 Å². The summed E-state index contributed by atoms with van der Waals surface area (Å²) in [5.41, 5.74) is 1.29. The predicted octanol–water partition coefficient (Wildman–Crippen LogP) is 1.25. The molecule has 1 aliphatic rings. The lowest BCUT2D eigenvalue weighted by Crippen LogP contribution is -2.21. The minimum Gasteiger partial charge on any atom is -0.369 e. The number of nitrogens with zero attached hydrogens (tertiary/aromatic N) is 1. The summed E-state index contributed by atoms with van der Waals surface area (Å²) in [4.78, 5) is 17.9. The van der Waals surface area contributed by atoms with E-state index >= 15 is 0 Å². The van der Waals surface area contributed by atoms with Gasteiger partial charge in [-0.05, 0) is 35.3 Å². The second-order valence-electron chi connectivity index (χ2n) is 3.89. The van der Waals surface area contributed by atoms with Crippen molar-refractivity contribution in [2.75, 3.05) is 25.0 Å². The average molecular weight is 299 g/mol. The zero-order valence-electron chi connectivity index (χ0n) is 9.42. The van der Waals surface area contributed by atoms with Crippen LogP contribution in [-0.2, 0) is 0 Å². The van der Waals surface area contributed by atoms with E-state index in [0.717, 1.165) is 32.5 Å². The number of aromatic nitrogens is 2. The second kappa shape index (κ2) is 5.97. The first-order valence-electron chi connectivity index (χ1n) is 5.63. The van der Waals surface area contributed by atoms with Gasteiger partial charge in [-0.1, -0.05) is 11.6 Å². The summed E-state index contributed by atoms with van der Waals surface area (Å²) in [5, 5.41) is 6.44. The van der Waals surface area contributed by atoms with Crippen LogP contribution < -0.4 is 16.2 Å². The third kappa shape index (κ3) is 3.41. The van der Waals surface area contributed by atoms with Crippen molar-refractivity contribution in [2.24, 2.45) is 0 Å². The van der Waals surface area contributed by atoms with E-state index in [1.807, 2.05) is 0 Å². The van der Waals surface area contributed by atoms with Crippen LogP contribution in [0.15, 0.2) is 27.2 Å². The van der Waals surface area contributed by atoms with Gasteiger partial charge in [-0.3, -0.25) is 4.79 Å². The molecule has 5 nitrogen and oxygen atoms in total. The molecule has 0 aromatic carbocycles. The molecule has 1 aliphatic heterocycles. The van der Waals surface area contributed by atoms with Crippen LogP contribution in [0.4, 0.5) is 5.82 Å². The first kappa shape index (κ1) is 12.3. The maximum Gasteiger partial charge on any atom is 0.267 e. The summed E-state index contributed by atoms with van der Waals surface area (Å²) in [6.07, 6.45) is 5.72. The Hall–Kier alpha value is -1.14. The van der Waals surface area contributed by atoms with Crippen molar-refractivity contribution in [3.05, 3.63) is 32.8 Å². The molecule has 0 unspecified atom stereocenters. The molecule has 3 N–H and O–H groups in total. The molecule has 17 heavy (non-hydrogen) atoms. The van der Waals surface area contributed by atoms with Gasteiger partial charge in [-0.2, -0.15) is 0 Å². The van der Waals surface area contributed by atoms with E-state index < -0.39 is 0 Å². The molecule has 1 aromatic rings. The highest BCUT2D eigenvalue weighted by Gasteiger charge is 2.06. The lowest BCUT2D eigenvalue weighted by atomic mass is 10.1. The highest BCUT2D eigenvalue weighted by molar-refractivity contribution is 9.10. The van der Waals surface area contributed by atoms with E-state index in [0.29, 0.717) is 10.3 Å². The van der Waals surface area contributed by atoms with Gasteiger partial charge in [0.05, 0.1) is 6.33 Å². The molecule has 0 fully saturated rings. The van der Waals surface area contributed by atoms with E-state index in [4.69, 9.17) is 0 Å². The molecule has 92 valence electrons. The van der Waals surface area contributed by atoms with Gasteiger partial charge < -0.3 is 15.6 Å². The van der Waals surface area contributed by atoms with Crippen molar-refractivity contribution in [3.63, 3.8) is 0 Å². The molecule has 2 heterocycles. The van der Waals surface area contributed by atoms with Crippen molar-refractivity contribution in [1.82, 2.24) is 15.3 Å². The number of hydrogen-bond acceptors (Lipinski definition) is 4. The maximum atomic E-state index is 11.3. The van der Waals surface area contributed by atoms with Crippen LogP contribution in [0.3, 0.4) is 0 Å². The quantitative estimate of drug-likeness (QED) is 0.732. The Kier molecular flexibility index (Phi) is 4.33. The molecule has 1 aromatic heterocycles. The van der Waals surface area contributed by atoms with Crippen molar-refractivity contribution < 1.29 is 0 Å². The molecular formula is C11H15BrN4O. The fourth-order valence-electron chi connectivity index (χ4n) is 1.74. The van der Waals surface area contributed by atoms with Crippen molar-refractivity contribution in [3.8, 4) is 0 Å². The molecule has 0 atom stereocenters. The van der Waals surface area contributed by atoms with Gasteiger partial charge in [0, 0.05) is 13.1 Å². The number of rotatable bonds is 4. The maximum absolute atomic E-state index is 11.3. The van der Waals surface area contributed by atoms with E-state index in [9.17, 15) is 4.79 Å². The summed E-state index contributed by atoms with van der Waals surface area (Å²) in [6, 6.07) is 0. The number of aromatic amines is 1. The van der Waals surface area contributed by atoms with Crippen LogP contribution in [0, 0.1) is 0 Å². The Bertz CT molecular complexity index is 469. The number of anilines is 1. The molecule has 0 saturated carbocycles. The highest BCUT2D eigenvalue weighted by atomic mass is 79.9. The number of nitrogens with one attached hydrogen (secondary N) is 3. The Morgan fingerprint density at radius 1 is 1.53 bits per heavy atom. The van der Waals surface area contributed by atoms with Crippen LogP contribution in [0.25, 0.3) is 0 Å². The Morgan fingerprint density at radius 2 is 2.41 bits per heavy atom. The summed E-state index contributed by atoms with van der Waals surface area (Å²) < 4.78 is 0.458. The van der Waals surface area contributed by atoms with Crippen molar-refractivity contribution in [2.45, 2.75) is 12.8 Å². The first-order chi connectivity index (χ1) is 8.27. The highest BCUT2D eigenvalue weighted by Crippen LogP contribution is 2.14. The summed E-state index contributed by atoms with van der Waals surface area (Å²) >= 11 is 3.21. The van der Waals surface area contributed by atoms with Crippen molar-refractivity contribution in [1.29, 1.82) is 0 Å². The molecular weight excluding hydrogens is 284 g/mol. The van der Waals surface area contributed by atoms with E-state index in [1.54, 1.807) is 0 Å². The fourth-order valence-corrected chi connectivity index (χ4v) is 2.10. The monoisotopic (exact) mass is 298 g/mol. The molecule has 6 heteroatoms. The zero-order valence-corrected chi connectivity index (χ0v) is 11.0. The largest absolute Gasteiger partial charge is 0.369 e. The normalized spacial score (nSPS) is 15.5. The number of halogens is 1. The fraction of sp³-hybridized carbons (Fsp3) is 0.455. The molecule has 2 rings (SSSR count). The summed E-state index contributed by atoms with van der Waals surface area (Å²) in [6.45, 7) is 2.81. The second-order valence-corrected chi connectivity index (χ2v) is 4.68. The number of hydrogen-bond donors (Lipinski definition) is 3. The third-order valence-corrected chi connectivity index (χ3v) is 3.43. The van der Waals surface area contributed by atoms with Gasteiger partial charge in [-0.15, -0.1) is 0 Å². The molecule has 0 spiro atoms. The van der Waals surface area contributed by atoms with Gasteiger partial charge in [0.1, 0.15) is 10.3 Å². The molecule has 0 radical (unpaired) electrons. The van der Waals surface area contributed by atoms with Gasteiger partial charge >= 0.3 is 0 Å². The summed E-state index contributed by atoms with van der Waals surface area (Å²) in [5.74, 6) is 0.600. The molecule has 0 aliphatic carbocycles. The molecule has 0 saturated heterocycles. The molecule has 0 bridgehead atoms. The van der Waals surface area contributed by atoms with E-state index in [1.165, 1.54) is 11.9 Å². The van der Waals surface area contributed by atoms with Crippen molar-refractivity contribution >= 4 is 21.7 Å². The van der Waals surface area contributed by atoms with Gasteiger partial charge in [0.15, 0.2) is 0 Å². The zero-order chi connectivity index (χ0) is 12.1. The van der Waals surface area contributed by atoms with E-state index in [2.05, 4.69) is 42.6 Å². The summed E-state index contributed by atoms with van der Waals surface area (Å²) in [7, 11) is 0. The topological polar surface area (TPSA) is 69.8 Å². The van der Waals surface area contributed by atoms with Gasteiger partial charge in [0.25, 0.3) is 5.56 Å². The standard InChI is InChI=1S/C11H15BrN4O/c12-9-10(15-7-16-11(9)17)14-6-3-8-1-4-13-5-2-8/h1,7,13H,2-6H2,(H2,14,15,16,17). The average Bonchev–Trinajstić information content (AvgIpc) is 2.36. The Balaban J connectivity index is 1.87. The van der Waals surface area contributed by atoms with Crippen LogP contribution >= 0.6 is 15.9 Å². The SMILES string of the molecule is O=c1[nH]cnc(NCCC2=CCNCC2)c1Br. The molecule has 0 amide bonds. The van der Waals surface area contributed by atoms with E-state index in [-0.39, 0.29) is 5.56 Å². The van der Waals surface area contributed by atoms with Crippen LogP contribution in [0.2, 0.25) is 0 Å². The minimum atomic E-state index is -0.163. The lowest BCUT2D eigenvalue weighted by Gasteiger charge is -2.14. The minimum absolute atomic E-state index is 0.163. The number of H-pyrrole nitrogens is 1. The van der Waals surface area contributed by atoms with Gasteiger partial charge in [-0.25, -0.2) is 4.98 Å².